The van der Waals surface area contributed by atoms with Crippen LogP contribution in [0.3, 0.4) is 0 Å². The van der Waals surface area contributed by atoms with E-state index in [-0.39, 0.29) is 29.2 Å². The van der Waals surface area contributed by atoms with Crippen molar-refractivity contribution in [3.05, 3.63) is 39.9 Å². The van der Waals surface area contributed by atoms with Crippen LogP contribution in [0.2, 0.25) is 0 Å². The van der Waals surface area contributed by atoms with Gasteiger partial charge >= 0.3 is 12.1 Å². The number of halogens is 1. The lowest BCUT2D eigenvalue weighted by atomic mass is 10.1. The normalized spacial score (nSPS) is 20.8. The minimum atomic E-state index is -1.33. The Kier molecular flexibility index (Phi) is 5.81. The number of carbonyl (C=O) groups is 2. The van der Waals surface area contributed by atoms with Crippen molar-refractivity contribution < 1.29 is 28.6 Å². The molecule has 10 heteroatoms. The number of amides is 1. The first kappa shape index (κ1) is 23.0. The van der Waals surface area contributed by atoms with Crippen LogP contribution in [0.5, 0.6) is 0 Å². The molecule has 1 saturated carbocycles. The molecule has 2 aromatic rings. The summed E-state index contributed by atoms with van der Waals surface area (Å²) in [5.41, 5.74) is -0.989. The molecule has 0 bridgehead atoms. The molecule has 0 radical (unpaired) electrons. The number of alkyl carbamates (subject to hydrolysis) is 1. The van der Waals surface area contributed by atoms with E-state index in [0.717, 1.165) is 18.9 Å². The summed E-state index contributed by atoms with van der Waals surface area (Å²) in [7, 11) is 1.52. The van der Waals surface area contributed by atoms with Crippen molar-refractivity contribution in [2.24, 2.45) is 0 Å². The highest BCUT2D eigenvalue weighted by Crippen LogP contribution is 2.38. The van der Waals surface area contributed by atoms with Crippen LogP contribution < -0.4 is 15.6 Å². The SMILES string of the molecule is CO[C@@H]1CN(c2cc3c(cc2F)c(=O)c(C(=O)O)cn3C2CC2)C[C@@H]1NC(=O)OC(C)(C)C. The Morgan fingerprint density at radius 1 is 1.21 bits per heavy atom. The van der Waals surface area contributed by atoms with Crippen molar-refractivity contribution >= 4 is 28.7 Å². The maximum absolute atomic E-state index is 15.2. The van der Waals surface area contributed by atoms with E-state index < -0.39 is 41.1 Å². The van der Waals surface area contributed by atoms with Gasteiger partial charge in [0.1, 0.15) is 17.0 Å². The molecule has 0 unspecified atom stereocenters. The number of rotatable bonds is 5. The second-order valence-corrected chi connectivity index (χ2v) is 9.57. The highest BCUT2D eigenvalue weighted by atomic mass is 19.1. The molecule has 2 aliphatic rings. The lowest BCUT2D eigenvalue weighted by Crippen LogP contribution is -2.45. The predicted octanol–water partition coefficient (Wildman–Crippen LogP) is 2.90. The molecule has 2 fully saturated rings. The molecular weight excluding hydrogens is 433 g/mol. The molecular formula is C23H28FN3O6. The van der Waals surface area contributed by atoms with Crippen LogP contribution in [0.1, 0.15) is 50.0 Å². The van der Waals surface area contributed by atoms with Crippen LogP contribution in [-0.2, 0) is 9.47 Å². The summed E-state index contributed by atoms with van der Waals surface area (Å²) in [6.45, 7) is 5.89. The van der Waals surface area contributed by atoms with Gasteiger partial charge in [-0.15, -0.1) is 0 Å². The number of aromatic nitrogens is 1. The summed E-state index contributed by atoms with van der Waals surface area (Å²) in [5, 5.41) is 12.2. The zero-order chi connectivity index (χ0) is 24.1. The molecule has 2 heterocycles. The van der Waals surface area contributed by atoms with E-state index in [1.807, 2.05) is 0 Å². The first-order valence-electron chi connectivity index (χ1n) is 10.9. The van der Waals surface area contributed by atoms with Gasteiger partial charge in [0.25, 0.3) is 0 Å². The zero-order valence-electron chi connectivity index (χ0n) is 19.1. The van der Waals surface area contributed by atoms with Gasteiger partial charge < -0.3 is 29.4 Å². The number of carboxylic acids is 1. The highest BCUT2D eigenvalue weighted by molar-refractivity contribution is 5.93. The second-order valence-electron chi connectivity index (χ2n) is 9.57. The summed E-state index contributed by atoms with van der Waals surface area (Å²) in [6, 6.07) is 2.34. The summed E-state index contributed by atoms with van der Waals surface area (Å²) >= 11 is 0. The van der Waals surface area contributed by atoms with Crippen LogP contribution >= 0.6 is 0 Å². The molecule has 2 atom stereocenters. The lowest BCUT2D eigenvalue weighted by Gasteiger charge is -2.23. The highest BCUT2D eigenvalue weighted by Gasteiger charge is 2.37. The van der Waals surface area contributed by atoms with Gasteiger partial charge in [0.15, 0.2) is 0 Å². The van der Waals surface area contributed by atoms with Gasteiger partial charge in [0, 0.05) is 37.8 Å². The van der Waals surface area contributed by atoms with Crippen molar-refractivity contribution in [2.45, 2.75) is 57.4 Å². The van der Waals surface area contributed by atoms with Crippen molar-refractivity contribution in [2.75, 3.05) is 25.1 Å². The van der Waals surface area contributed by atoms with E-state index in [1.54, 1.807) is 36.3 Å². The lowest BCUT2D eigenvalue weighted by molar-refractivity contribution is 0.0417. The molecule has 178 valence electrons. The fourth-order valence-corrected chi connectivity index (χ4v) is 4.22. The third-order valence-corrected chi connectivity index (χ3v) is 5.88. The number of carbonyl (C=O) groups excluding carboxylic acids is 1. The predicted molar refractivity (Wildman–Crippen MR) is 120 cm³/mol. The fourth-order valence-electron chi connectivity index (χ4n) is 4.22. The number of anilines is 1. The Labute approximate surface area is 190 Å². The van der Waals surface area contributed by atoms with E-state index in [1.165, 1.54) is 13.3 Å². The largest absolute Gasteiger partial charge is 0.477 e. The Balaban J connectivity index is 1.68. The van der Waals surface area contributed by atoms with Gasteiger partial charge in [-0.2, -0.15) is 0 Å². The standard InChI is InChI=1S/C23H28FN3O6/c1-23(2,3)33-22(31)25-16-10-26(11-19(16)32-4)18-8-17-13(7-15(18)24)20(28)14(21(29)30)9-27(17)12-5-6-12/h7-9,12,16,19H,5-6,10-11H2,1-4H3,(H,25,31)(H,29,30)/t16-,19+/m0/s1. The number of hydrogen-bond acceptors (Lipinski definition) is 6. The van der Waals surface area contributed by atoms with E-state index in [2.05, 4.69) is 5.32 Å². The molecule has 1 aromatic heterocycles. The van der Waals surface area contributed by atoms with E-state index in [4.69, 9.17) is 9.47 Å². The van der Waals surface area contributed by atoms with Gasteiger partial charge in [0.2, 0.25) is 5.43 Å². The van der Waals surface area contributed by atoms with E-state index in [9.17, 15) is 19.5 Å². The minimum absolute atomic E-state index is 0.0361. The van der Waals surface area contributed by atoms with Crippen LogP contribution in [-0.4, -0.2) is 59.7 Å². The average molecular weight is 461 g/mol. The topological polar surface area (TPSA) is 110 Å². The molecule has 1 saturated heterocycles. The molecule has 9 nitrogen and oxygen atoms in total. The smallest absolute Gasteiger partial charge is 0.408 e. The Morgan fingerprint density at radius 2 is 1.91 bits per heavy atom. The van der Waals surface area contributed by atoms with E-state index in [0.29, 0.717) is 12.1 Å². The minimum Gasteiger partial charge on any atom is -0.477 e. The van der Waals surface area contributed by atoms with Gasteiger partial charge in [-0.1, -0.05) is 0 Å². The molecule has 1 amide bonds. The average Bonchev–Trinajstić information content (AvgIpc) is 3.47. The third kappa shape index (κ3) is 4.66. The number of benzene rings is 1. The van der Waals surface area contributed by atoms with Crippen LogP contribution in [0.15, 0.2) is 23.1 Å². The maximum atomic E-state index is 15.2. The van der Waals surface area contributed by atoms with Crippen molar-refractivity contribution in [1.82, 2.24) is 9.88 Å². The number of ether oxygens (including phenoxy) is 2. The molecule has 4 rings (SSSR count). The second kappa shape index (κ2) is 8.33. The first-order chi connectivity index (χ1) is 15.5. The number of carboxylic acid groups (broad SMARTS) is 1. The van der Waals surface area contributed by atoms with Gasteiger partial charge in [-0.3, -0.25) is 4.79 Å². The number of fused-ring (bicyclic) bond motifs is 1. The van der Waals surface area contributed by atoms with Crippen LogP contribution in [0.4, 0.5) is 14.9 Å². The summed E-state index contributed by atoms with van der Waals surface area (Å²) in [6.07, 6.45) is 2.09. The van der Waals surface area contributed by atoms with Crippen molar-refractivity contribution in [3.63, 3.8) is 0 Å². The van der Waals surface area contributed by atoms with Crippen LogP contribution in [0.25, 0.3) is 10.9 Å². The van der Waals surface area contributed by atoms with Crippen LogP contribution in [0, 0.1) is 5.82 Å². The van der Waals surface area contributed by atoms with Crippen molar-refractivity contribution in [1.29, 1.82) is 0 Å². The number of nitrogens with one attached hydrogen (secondary N) is 1. The Bertz CT molecular complexity index is 1170. The Morgan fingerprint density at radius 3 is 2.48 bits per heavy atom. The number of aromatic carboxylic acids is 1. The summed E-state index contributed by atoms with van der Waals surface area (Å²) in [4.78, 5) is 38.2. The van der Waals surface area contributed by atoms with Crippen molar-refractivity contribution in [3.8, 4) is 0 Å². The number of methoxy groups -OCH3 is 1. The maximum Gasteiger partial charge on any atom is 0.408 e. The number of hydrogen-bond donors (Lipinski definition) is 2. The monoisotopic (exact) mass is 461 g/mol. The van der Waals surface area contributed by atoms with E-state index >= 15 is 4.39 Å². The van der Waals surface area contributed by atoms with Gasteiger partial charge in [-0.05, 0) is 45.7 Å². The fraction of sp³-hybridized carbons (Fsp3) is 0.522. The van der Waals surface area contributed by atoms with Gasteiger partial charge in [-0.25, -0.2) is 14.0 Å². The quantitative estimate of drug-likeness (QED) is 0.705. The molecule has 33 heavy (non-hydrogen) atoms. The van der Waals surface area contributed by atoms with Gasteiger partial charge in [0.05, 0.1) is 23.3 Å². The molecule has 1 aromatic carbocycles. The molecule has 1 aliphatic carbocycles. The zero-order valence-corrected chi connectivity index (χ0v) is 19.1. The number of pyridine rings is 1. The first-order valence-corrected chi connectivity index (χ1v) is 10.9. The Hall–Kier alpha value is -3.14. The summed E-state index contributed by atoms with van der Waals surface area (Å²) in [5.74, 6) is -1.98. The summed E-state index contributed by atoms with van der Waals surface area (Å²) < 4.78 is 27.8. The molecule has 1 aliphatic heterocycles. The molecule has 2 N–H and O–H groups in total. The number of nitrogens with zero attached hydrogens (tertiary/aromatic N) is 2. The molecule has 0 spiro atoms. The third-order valence-electron chi connectivity index (χ3n) is 5.88.